The molecule has 1 atom stereocenters. The molecule has 1 aliphatic heterocycles. The Balaban J connectivity index is 0.825. The number of phenols is 1. The minimum atomic E-state index is -0.907. The number of phenolic OH excluding ortho intramolecular Hbond substituents is 1. The molecule has 3 aromatic carbocycles. The van der Waals surface area contributed by atoms with Gasteiger partial charge in [0.2, 0.25) is 5.56 Å². The molecule has 0 radical (unpaired) electrons. The summed E-state index contributed by atoms with van der Waals surface area (Å²) in [6.45, 7) is 4.32. The molecule has 9 nitrogen and oxygen atoms in total. The van der Waals surface area contributed by atoms with Crippen molar-refractivity contribution in [1.82, 2.24) is 15.2 Å². The molecule has 1 saturated carbocycles. The Morgan fingerprint density at radius 1 is 0.902 bits per heavy atom. The summed E-state index contributed by atoms with van der Waals surface area (Å²) in [5.41, 5.74) is 1.56. The number of nitrogens with one attached hydrogen (secondary N) is 2. The second-order valence-corrected chi connectivity index (χ2v) is 14.5. The first-order chi connectivity index (χ1) is 24.8. The number of aromatic amines is 1. The Labute approximate surface area is 301 Å². The summed E-state index contributed by atoms with van der Waals surface area (Å²) in [5.74, 6) is 1.23. The van der Waals surface area contributed by atoms with Crippen LogP contribution in [0.4, 0.5) is 0 Å². The number of rotatable bonds is 16. The van der Waals surface area contributed by atoms with Crippen LogP contribution in [-0.4, -0.2) is 64.9 Å². The van der Waals surface area contributed by atoms with Crippen LogP contribution < -0.4 is 15.6 Å². The smallest absolute Gasteiger partial charge is 0.321 e. The van der Waals surface area contributed by atoms with E-state index in [-0.39, 0.29) is 23.4 Å². The van der Waals surface area contributed by atoms with Gasteiger partial charge in [-0.1, -0.05) is 74.6 Å². The average molecular weight is 696 g/mol. The number of esters is 1. The zero-order valence-corrected chi connectivity index (χ0v) is 30.0. The molecule has 0 bridgehead atoms. The van der Waals surface area contributed by atoms with Crippen molar-refractivity contribution in [2.75, 3.05) is 26.7 Å². The van der Waals surface area contributed by atoms with Crippen LogP contribution in [0.3, 0.4) is 0 Å². The van der Waals surface area contributed by atoms with Gasteiger partial charge in [0.15, 0.2) is 0 Å². The quantitative estimate of drug-likeness (QED) is 0.0703. The number of H-pyrrole nitrogens is 1. The highest BCUT2D eigenvalue weighted by molar-refractivity contribution is 5.90. The van der Waals surface area contributed by atoms with Crippen LogP contribution in [-0.2, 0) is 14.9 Å². The number of nitrogens with zero attached hydrogens (tertiary/aromatic N) is 1. The number of hydrogen-bond donors (Lipinski definition) is 4. The lowest BCUT2D eigenvalue weighted by Crippen LogP contribution is -2.42. The third kappa shape index (κ3) is 8.49. The summed E-state index contributed by atoms with van der Waals surface area (Å²) in [7, 11) is 2.24. The molecule has 0 spiro atoms. The highest BCUT2D eigenvalue weighted by Gasteiger charge is 2.46. The van der Waals surface area contributed by atoms with E-state index in [1.807, 2.05) is 55.5 Å². The van der Waals surface area contributed by atoms with Gasteiger partial charge in [-0.2, -0.15) is 0 Å². The van der Waals surface area contributed by atoms with Gasteiger partial charge in [0, 0.05) is 35.2 Å². The minimum Gasteiger partial charge on any atom is -0.506 e. The fourth-order valence-electron chi connectivity index (χ4n) is 7.87. The van der Waals surface area contributed by atoms with Crippen molar-refractivity contribution in [3.8, 4) is 17.2 Å². The molecule has 0 amide bonds. The standard InChI is InChI=1S/C42H53N3O6/c1-42(33-14-8-10-16-37(33)51-38-17-11-9-15-34(38)42)41(49)50-30-20-18-29(19-21-30)45(2)27-13-7-5-3-4-6-12-26-43-28-36(47)31-22-24-35(46)40-32(31)23-25-39(48)44-40/h8-11,14-17,22-25,29-30,36,43,46-47H,3-7,12-13,18-21,26-28H2,1-2H3,(H,44,48)/t29?,30?,36-/m0/s1. The highest BCUT2D eigenvalue weighted by atomic mass is 16.5. The number of pyridine rings is 1. The third-order valence-corrected chi connectivity index (χ3v) is 11.0. The lowest BCUT2D eigenvalue weighted by molar-refractivity contribution is -0.156. The van der Waals surface area contributed by atoms with Crippen LogP contribution in [0.15, 0.2) is 77.6 Å². The van der Waals surface area contributed by atoms with Gasteiger partial charge in [-0.25, -0.2) is 0 Å². The Morgan fingerprint density at radius 2 is 1.53 bits per heavy atom. The van der Waals surface area contributed by atoms with Gasteiger partial charge < -0.3 is 34.9 Å². The van der Waals surface area contributed by atoms with E-state index in [0.29, 0.717) is 40.6 Å². The lowest BCUT2D eigenvalue weighted by Gasteiger charge is -2.38. The summed E-state index contributed by atoms with van der Waals surface area (Å²) in [6, 6.07) is 22.4. The van der Waals surface area contributed by atoms with Gasteiger partial charge in [0.1, 0.15) is 28.8 Å². The van der Waals surface area contributed by atoms with Crippen molar-refractivity contribution in [2.45, 2.75) is 101 Å². The molecule has 272 valence electrons. The van der Waals surface area contributed by atoms with E-state index in [4.69, 9.17) is 9.47 Å². The van der Waals surface area contributed by atoms with Gasteiger partial charge in [-0.05, 0) is 95.4 Å². The third-order valence-electron chi connectivity index (χ3n) is 11.0. The van der Waals surface area contributed by atoms with Crippen LogP contribution in [0, 0.1) is 0 Å². The van der Waals surface area contributed by atoms with Gasteiger partial charge >= 0.3 is 5.97 Å². The predicted molar refractivity (Wildman–Crippen MR) is 201 cm³/mol. The molecule has 2 heterocycles. The summed E-state index contributed by atoms with van der Waals surface area (Å²) in [5, 5.41) is 24.8. The van der Waals surface area contributed by atoms with Gasteiger partial charge in [0.25, 0.3) is 0 Å². The zero-order valence-electron chi connectivity index (χ0n) is 30.0. The minimum absolute atomic E-state index is 0.00213. The number of hydrogen-bond acceptors (Lipinski definition) is 8. The van der Waals surface area contributed by atoms with E-state index in [9.17, 15) is 19.8 Å². The van der Waals surface area contributed by atoms with Crippen molar-refractivity contribution < 1.29 is 24.5 Å². The topological polar surface area (TPSA) is 124 Å². The maximum absolute atomic E-state index is 13.9. The first-order valence-corrected chi connectivity index (χ1v) is 18.8. The van der Waals surface area contributed by atoms with E-state index in [1.54, 1.807) is 12.1 Å². The number of aliphatic hydroxyl groups is 1. The monoisotopic (exact) mass is 695 g/mol. The number of aliphatic hydroxyl groups excluding tert-OH is 1. The van der Waals surface area contributed by atoms with Gasteiger partial charge in [0.05, 0.1) is 11.6 Å². The summed E-state index contributed by atoms with van der Waals surface area (Å²) in [4.78, 5) is 30.6. The SMILES string of the molecule is CN(CCCCCCCCCNC[C@H](O)c1ccc(O)c2[nH]c(=O)ccc12)C1CCC(OC(=O)C2(C)c3ccccc3Oc3ccccc32)CC1. The van der Waals surface area contributed by atoms with Crippen LogP contribution in [0.5, 0.6) is 17.2 Å². The van der Waals surface area contributed by atoms with E-state index in [1.165, 1.54) is 44.2 Å². The predicted octanol–water partition coefficient (Wildman–Crippen LogP) is 7.49. The molecule has 1 aromatic heterocycles. The molecular formula is C42H53N3O6. The van der Waals surface area contributed by atoms with Crippen LogP contribution in [0.25, 0.3) is 10.9 Å². The Morgan fingerprint density at radius 3 is 2.22 bits per heavy atom. The molecule has 1 aliphatic carbocycles. The number of carbonyl (C=O) groups is 1. The number of ether oxygens (including phenoxy) is 2. The summed E-state index contributed by atoms with van der Waals surface area (Å²) < 4.78 is 12.4. The molecule has 2 aliphatic rings. The van der Waals surface area contributed by atoms with Crippen molar-refractivity contribution in [3.63, 3.8) is 0 Å². The number of aromatic nitrogens is 1. The first-order valence-electron chi connectivity index (χ1n) is 18.8. The maximum Gasteiger partial charge on any atom is 0.321 e. The van der Waals surface area contributed by atoms with E-state index < -0.39 is 11.5 Å². The molecule has 51 heavy (non-hydrogen) atoms. The van der Waals surface area contributed by atoms with Gasteiger partial charge in [-0.3, -0.25) is 9.59 Å². The van der Waals surface area contributed by atoms with E-state index >= 15 is 0 Å². The van der Waals surface area contributed by atoms with Crippen molar-refractivity contribution in [2.24, 2.45) is 0 Å². The average Bonchev–Trinajstić information content (AvgIpc) is 3.14. The molecule has 1 fully saturated rings. The van der Waals surface area contributed by atoms with Crippen molar-refractivity contribution in [3.05, 3.63) is 99.8 Å². The Hall–Kier alpha value is -4.18. The van der Waals surface area contributed by atoms with Crippen molar-refractivity contribution >= 4 is 16.9 Å². The maximum atomic E-state index is 13.9. The highest BCUT2D eigenvalue weighted by Crippen LogP contribution is 2.48. The molecule has 0 unspecified atom stereocenters. The number of unbranched alkanes of at least 4 members (excludes halogenated alkanes) is 6. The number of para-hydroxylation sites is 2. The molecule has 0 saturated heterocycles. The number of fused-ring (bicyclic) bond motifs is 3. The fraction of sp³-hybridized carbons (Fsp3) is 0.476. The zero-order chi connectivity index (χ0) is 35.8. The Bertz CT molecular complexity index is 1790. The first kappa shape index (κ1) is 36.6. The number of aromatic hydroxyl groups is 1. The van der Waals surface area contributed by atoms with Gasteiger partial charge in [-0.15, -0.1) is 0 Å². The number of carbonyl (C=O) groups excluding carboxylic acids is 1. The fourth-order valence-corrected chi connectivity index (χ4v) is 7.87. The van der Waals surface area contributed by atoms with Crippen molar-refractivity contribution in [1.29, 1.82) is 0 Å². The lowest BCUT2D eigenvalue weighted by atomic mass is 9.74. The van der Waals surface area contributed by atoms with E-state index in [0.717, 1.165) is 62.7 Å². The van der Waals surface area contributed by atoms with E-state index in [2.05, 4.69) is 22.2 Å². The number of benzene rings is 3. The second-order valence-electron chi connectivity index (χ2n) is 14.5. The largest absolute Gasteiger partial charge is 0.506 e. The summed E-state index contributed by atoms with van der Waals surface area (Å²) in [6.07, 6.45) is 11.4. The summed E-state index contributed by atoms with van der Waals surface area (Å²) >= 11 is 0. The second kappa shape index (κ2) is 16.9. The van der Waals surface area contributed by atoms with Crippen LogP contribution in [0.1, 0.15) is 100 Å². The molecule has 4 aromatic rings. The van der Waals surface area contributed by atoms with Crippen LogP contribution >= 0.6 is 0 Å². The molecule has 9 heteroatoms. The molecule has 6 rings (SSSR count). The van der Waals surface area contributed by atoms with Crippen LogP contribution in [0.2, 0.25) is 0 Å². The normalized spacial score (nSPS) is 18.5. The molecular weight excluding hydrogens is 642 g/mol. The molecule has 4 N–H and O–H groups in total. The Kier molecular flexibility index (Phi) is 12.1.